The molecule has 0 aliphatic carbocycles. The molecule has 0 aliphatic rings. The Morgan fingerprint density at radius 3 is 2.91 bits per heavy atom. The summed E-state index contributed by atoms with van der Waals surface area (Å²) in [5.74, 6) is 0.492. The number of aromatic nitrogens is 4. The van der Waals surface area contributed by atoms with E-state index in [9.17, 15) is 8.60 Å². The molecule has 2 aromatic heterocycles. The van der Waals surface area contributed by atoms with E-state index in [4.69, 9.17) is 9.88 Å². The fraction of sp³-hybridized carbons (Fsp3) is 0.0952. The zero-order valence-electron chi connectivity index (χ0n) is 16.9. The minimum atomic E-state index is -2.53. The third kappa shape index (κ3) is 5.84. The molecule has 3 N–H and O–H groups in total. The van der Waals surface area contributed by atoms with Crippen molar-refractivity contribution in [2.24, 2.45) is 5.14 Å². The van der Waals surface area contributed by atoms with Gasteiger partial charge in [-0.25, -0.2) is 14.4 Å². The zero-order valence-corrected chi connectivity index (χ0v) is 18.6. The van der Waals surface area contributed by atoms with E-state index in [2.05, 4.69) is 25.3 Å². The Hall–Kier alpha value is -3.41. The second-order valence-corrected chi connectivity index (χ2v) is 10.0. The molecule has 8 nitrogen and oxygen atoms in total. The van der Waals surface area contributed by atoms with E-state index in [1.54, 1.807) is 36.0 Å². The van der Waals surface area contributed by atoms with Gasteiger partial charge < -0.3 is 10.1 Å². The summed E-state index contributed by atoms with van der Waals surface area (Å²) in [5, 5.41) is 10.2. The lowest BCUT2D eigenvalue weighted by molar-refractivity contribution is 0.309. The van der Waals surface area contributed by atoms with Crippen LogP contribution in [0.15, 0.2) is 60.5 Å². The molecule has 1 unspecified atom stereocenters. The third-order valence-electron chi connectivity index (χ3n) is 4.12. The van der Waals surface area contributed by atoms with Crippen LogP contribution in [0, 0.1) is 5.82 Å². The number of halogens is 1. The average molecular weight is 471 g/mol. The van der Waals surface area contributed by atoms with Gasteiger partial charge in [0.05, 0.1) is 16.0 Å². The number of anilines is 2. The molecule has 1 atom stereocenters. The number of ether oxygens (including phenoxy) is 1. The van der Waals surface area contributed by atoms with Crippen LogP contribution in [0.2, 0.25) is 0 Å². The highest BCUT2D eigenvalue weighted by molar-refractivity contribution is 7.98. The number of benzene rings is 2. The van der Waals surface area contributed by atoms with E-state index < -0.39 is 15.5 Å². The van der Waals surface area contributed by atoms with Gasteiger partial charge in [0.15, 0.2) is 5.82 Å². The molecule has 0 bridgehead atoms. The predicted molar refractivity (Wildman–Crippen MR) is 125 cm³/mol. The summed E-state index contributed by atoms with van der Waals surface area (Å²) in [6.07, 6.45) is 4.51. The summed E-state index contributed by atoms with van der Waals surface area (Å²) in [5.41, 5.74) is 3.61. The molecule has 0 aliphatic heterocycles. The number of thiazole rings is 1. The van der Waals surface area contributed by atoms with Gasteiger partial charge in [-0.3, -0.25) is 14.3 Å². The zero-order chi connectivity index (χ0) is 22.6. The molecule has 0 saturated carbocycles. The molecule has 0 radical (unpaired) electrons. The van der Waals surface area contributed by atoms with Crippen LogP contribution in [0.3, 0.4) is 0 Å². The number of nitrogens with two attached hydrogens (primary N) is 1. The average Bonchev–Trinajstić information content (AvgIpc) is 3.25. The topological polar surface area (TPSA) is 116 Å². The normalized spacial score (nSPS) is 12.7. The molecule has 2 heterocycles. The van der Waals surface area contributed by atoms with Gasteiger partial charge in [0.25, 0.3) is 0 Å². The molecule has 2 aromatic carbocycles. The second-order valence-electron chi connectivity index (χ2n) is 6.86. The van der Waals surface area contributed by atoms with Crippen molar-refractivity contribution in [2.75, 3.05) is 11.6 Å². The maximum absolute atomic E-state index is 13.9. The van der Waals surface area contributed by atoms with Gasteiger partial charge in [-0.1, -0.05) is 12.1 Å². The first-order valence-electron chi connectivity index (χ1n) is 9.34. The Balaban J connectivity index is 1.60. The van der Waals surface area contributed by atoms with Crippen LogP contribution < -0.4 is 15.2 Å². The Morgan fingerprint density at radius 1 is 1.25 bits per heavy atom. The Labute approximate surface area is 188 Å². The molecule has 0 spiro atoms. The maximum Gasteiger partial charge on any atom is 0.230 e. The Morgan fingerprint density at radius 2 is 2.12 bits per heavy atom. The van der Waals surface area contributed by atoms with Crippen LogP contribution in [-0.4, -0.2) is 35.8 Å². The lowest BCUT2D eigenvalue weighted by atomic mass is 10.2. The van der Waals surface area contributed by atoms with Crippen molar-refractivity contribution in [3.63, 3.8) is 0 Å². The van der Waals surface area contributed by atoms with Crippen LogP contribution in [0.5, 0.6) is 5.75 Å². The largest absolute Gasteiger partial charge is 0.487 e. The molecular weight excluding hydrogens is 451 g/mol. The minimum Gasteiger partial charge on any atom is -0.487 e. The van der Waals surface area contributed by atoms with E-state index in [0.717, 1.165) is 4.88 Å². The molecule has 4 rings (SSSR count). The summed E-state index contributed by atoms with van der Waals surface area (Å²) in [6.45, 7) is 0.252. The number of nitrogens with one attached hydrogen (secondary N) is 1. The predicted octanol–water partition coefficient (Wildman–Crippen LogP) is 3.40. The number of hydrogen-bond acceptors (Lipinski definition) is 8. The van der Waals surface area contributed by atoms with Crippen molar-refractivity contribution in [1.82, 2.24) is 19.9 Å². The van der Waals surface area contributed by atoms with E-state index in [1.165, 1.54) is 41.4 Å². The summed E-state index contributed by atoms with van der Waals surface area (Å²) in [4.78, 5) is 17.7. The molecule has 32 heavy (non-hydrogen) atoms. The fourth-order valence-corrected chi connectivity index (χ4v) is 4.03. The molecule has 0 fully saturated rings. The highest BCUT2D eigenvalue weighted by atomic mass is 32.2. The van der Waals surface area contributed by atoms with E-state index in [1.807, 2.05) is 6.07 Å². The first-order valence-corrected chi connectivity index (χ1v) is 12.3. The quantitative estimate of drug-likeness (QED) is 0.398. The molecule has 0 saturated heterocycles. The monoisotopic (exact) mass is 470 g/mol. The highest BCUT2D eigenvalue weighted by Gasteiger charge is 2.13. The van der Waals surface area contributed by atoms with Gasteiger partial charge in [-0.15, -0.1) is 11.3 Å². The van der Waals surface area contributed by atoms with Crippen LogP contribution in [0.4, 0.5) is 16.0 Å². The van der Waals surface area contributed by atoms with Crippen molar-refractivity contribution in [1.29, 1.82) is 0 Å². The van der Waals surface area contributed by atoms with Gasteiger partial charge in [0, 0.05) is 39.3 Å². The van der Waals surface area contributed by atoms with Gasteiger partial charge in [0.2, 0.25) is 5.95 Å². The van der Waals surface area contributed by atoms with Crippen LogP contribution in [0.25, 0.3) is 11.4 Å². The lowest BCUT2D eigenvalue weighted by Crippen LogP contribution is -2.13. The van der Waals surface area contributed by atoms with Crippen LogP contribution >= 0.6 is 11.3 Å². The first kappa shape index (κ1) is 21.8. The number of rotatable bonds is 7. The van der Waals surface area contributed by atoms with Crippen LogP contribution in [0.1, 0.15) is 10.4 Å². The SMILES string of the molecule is CS(N)(=O)=Cc1cccc(Nc2ncnc(-c3ccc(F)cc3OCc3cncs3)n2)c1. The Bertz CT molecular complexity index is 1350. The maximum atomic E-state index is 13.9. The lowest BCUT2D eigenvalue weighted by Gasteiger charge is -2.11. The van der Waals surface area contributed by atoms with Gasteiger partial charge in [-0.05, 0) is 29.8 Å². The summed E-state index contributed by atoms with van der Waals surface area (Å²) in [7, 11) is -2.53. The molecule has 0 amide bonds. The van der Waals surface area contributed by atoms with Crippen molar-refractivity contribution < 1.29 is 13.3 Å². The fourth-order valence-electron chi connectivity index (χ4n) is 2.84. The van der Waals surface area contributed by atoms with Crippen molar-refractivity contribution in [3.05, 3.63) is 76.8 Å². The van der Waals surface area contributed by atoms with Crippen LogP contribution in [-0.2, 0) is 16.3 Å². The Kier molecular flexibility index (Phi) is 6.40. The molecule has 11 heteroatoms. The second kappa shape index (κ2) is 9.39. The number of hydrogen-bond donors (Lipinski definition) is 2. The highest BCUT2D eigenvalue weighted by Crippen LogP contribution is 2.30. The van der Waals surface area contributed by atoms with Crippen molar-refractivity contribution >= 4 is 38.0 Å². The van der Waals surface area contributed by atoms with Gasteiger partial charge in [-0.2, -0.15) is 4.98 Å². The smallest absolute Gasteiger partial charge is 0.230 e. The molecule has 4 aromatic rings. The minimum absolute atomic E-state index is 0.252. The van der Waals surface area contributed by atoms with Gasteiger partial charge in [0.1, 0.15) is 24.5 Å². The molecule has 164 valence electrons. The summed E-state index contributed by atoms with van der Waals surface area (Å²) in [6, 6.07) is 11.4. The first-order chi connectivity index (χ1) is 15.4. The van der Waals surface area contributed by atoms with E-state index >= 15 is 0 Å². The van der Waals surface area contributed by atoms with Crippen molar-refractivity contribution in [3.8, 4) is 17.1 Å². The summed E-state index contributed by atoms with van der Waals surface area (Å²) >= 11 is 1.45. The van der Waals surface area contributed by atoms with Crippen molar-refractivity contribution in [2.45, 2.75) is 6.61 Å². The third-order valence-corrected chi connectivity index (χ3v) is 5.62. The standard InChI is InChI=1S/C21H19FN6O2S2/c1-32(23,29)11-14-3-2-4-16(7-14)27-21-26-12-25-20(28-21)18-6-5-15(22)8-19(18)30-10-17-9-24-13-31-17/h2-9,11-13H,10H2,1H3,(H2,23,29)(H,25,26,27,28). The van der Waals surface area contributed by atoms with E-state index in [-0.39, 0.29) is 12.6 Å². The number of nitrogens with zero attached hydrogens (tertiary/aromatic N) is 4. The van der Waals surface area contributed by atoms with Gasteiger partial charge >= 0.3 is 0 Å². The molecular formula is C21H19FN6O2S2. The summed E-state index contributed by atoms with van der Waals surface area (Å²) < 4.78 is 31.5. The van der Waals surface area contributed by atoms with E-state index in [0.29, 0.717) is 28.4 Å².